The van der Waals surface area contributed by atoms with Crippen LogP contribution in [0.5, 0.6) is 0 Å². The molecule has 3 aromatic rings. The van der Waals surface area contributed by atoms with Crippen molar-refractivity contribution in [2.24, 2.45) is 7.05 Å². The summed E-state index contributed by atoms with van der Waals surface area (Å²) in [5.74, 6) is 0.745. The van der Waals surface area contributed by atoms with Crippen LogP contribution in [-0.2, 0) is 11.8 Å². The Morgan fingerprint density at radius 1 is 1.29 bits per heavy atom. The smallest absolute Gasteiger partial charge is 0.227 e. The van der Waals surface area contributed by atoms with Gasteiger partial charge in [-0.2, -0.15) is 10.2 Å². The van der Waals surface area contributed by atoms with Gasteiger partial charge in [0.15, 0.2) is 0 Å². The highest BCUT2D eigenvalue weighted by atomic mass is 16.2. The van der Waals surface area contributed by atoms with Crippen molar-refractivity contribution in [2.75, 3.05) is 18.4 Å². The van der Waals surface area contributed by atoms with Gasteiger partial charge in [0.05, 0.1) is 29.8 Å². The fourth-order valence-electron chi connectivity index (χ4n) is 3.42. The fourth-order valence-corrected chi connectivity index (χ4v) is 3.42. The third-order valence-electron chi connectivity index (χ3n) is 4.87. The lowest BCUT2D eigenvalue weighted by atomic mass is 10.2. The van der Waals surface area contributed by atoms with E-state index in [0.717, 1.165) is 42.9 Å². The average molecular weight is 380 g/mol. The Balaban J connectivity index is 1.46. The SMILES string of the molecule is CCCC(=O)N1CCC(n2cc(-c3ccnc(Nc4cnn(C)c4)n3)cn2)C1. The maximum Gasteiger partial charge on any atom is 0.227 e. The number of carbonyl (C=O) groups excluding carboxylic acids is 1. The lowest BCUT2D eigenvalue weighted by Crippen LogP contribution is -2.28. The molecule has 1 aliphatic heterocycles. The van der Waals surface area contributed by atoms with E-state index in [2.05, 4.69) is 25.5 Å². The number of amides is 1. The van der Waals surface area contributed by atoms with Crippen LogP contribution in [0.2, 0.25) is 0 Å². The van der Waals surface area contributed by atoms with Crippen molar-refractivity contribution >= 4 is 17.5 Å². The first kappa shape index (κ1) is 18.1. The summed E-state index contributed by atoms with van der Waals surface area (Å²) >= 11 is 0. The van der Waals surface area contributed by atoms with E-state index in [-0.39, 0.29) is 11.9 Å². The van der Waals surface area contributed by atoms with Crippen LogP contribution in [0, 0.1) is 0 Å². The van der Waals surface area contributed by atoms with E-state index in [1.54, 1.807) is 17.1 Å². The van der Waals surface area contributed by atoms with E-state index in [9.17, 15) is 4.79 Å². The number of aromatic nitrogens is 6. The Kier molecular flexibility index (Phi) is 5.05. The average Bonchev–Trinajstić information content (AvgIpc) is 3.42. The molecule has 1 atom stereocenters. The van der Waals surface area contributed by atoms with Crippen LogP contribution in [0.4, 0.5) is 11.6 Å². The molecule has 1 fully saturated rings. The standard InChI is InChI=1S/C19H24N8O/c1-3-4-18(28)26-8-6-16(13-26)27-11-14(9-22-27)17-5-7-20-19(24-17)23-15-10-21-25(2)12-15/h5,7,9-12,16H,3-4,6,8,13H2,1-2H3,(H,20,23,24). The van der Waals surface area contributed by atoms with Crippen LogP contribution in [0.15, 0.2) is 37.1 Å². The van der Waals surface area contributed by atoms with Gasteiger partial charge in [-0.25, -0.2) is 9.97 Å². The van der Waals surface area contributed by atoms with Gasteiger partial charge in [0, 0.05) is 50.7 Å². The van der Waals surface area contributed by atoms with Crippen molar-refractivity contribution in [2.45, 2.75) is 32.2 Å². The van der Waals surface area contributed by atoms with Gasteiger partial charge in [0.25, 0.3) is 0 Å². The monoisotopic (exact) mass is 380 g/mol. The predicted octanol–water partition coefficient (Wildman–Crippen LogP) is 2.39. The minimum atomic E-state index is 0.212. The van der Waals surface area contributed by atoms with Crippen molar-refractivity contribution in [1.29, 1.82) is 0 Å². The van der Waals surface area contributed by atoms with Crippen LogP contribution in [0.3, 0.4) is 0 Å². The second kappa shape index (κ2) is 7.79. The second-order valence-electron chi connectivity index (χ2n) is 7.03. The summed E-state index contributed by atoms with van der Waals surface area (Å²) in [5, 5.41) is 11.8. The number of hydrogen-bond donors (Lipinski definition) is 1. The van der Waals surface area contributed by atoms with Gasteiger partial charge < -0.3 is 10.2 Å². The largest absolute Gasteiger partial charge is 0.340 e. The molecule has 1 unspecified atom stereocenters. The van der Waals surface area contributed by atoms with Crippen molar-refractivity contribution in [3.8, 4) is 11.3 Å². The molecule has 1 aliphatic rings. The molecule has 0 bridgehead atoms. The second-order valence-corrected chi connectivity index (χ2v) is 7.03. The number of likely N-dealkylation sites (tertiary alicyclic amines) is 1. The summed E-state index contributed by atoms with van der Waals surface area (Å²) in [6.45, 7) is 3.55. The Morgan fingerprint density at radius 2 is 2.18 bits per heavy atom. The molecule has 9 nitrogen and oxygen atoms in total. The number of hydrogen-bond acceptors (Lipinski definition) is 6. The molecule has 0 radical (unpaired) electrons. The van der Waals surface area contributed by atoms with E-state index in [1.807, 2.05) is 48.2 Å². The summed E-state index contributed by atoms with van der Waals surface area (Å²) in [6.07, 6.45) is 11.5. The molecule has 1 saturated heterocycles. The number of anilines is 2. The Labute approximate surface area is 163 Å². The molecule has 3 aromatic heterocycles. The fraction of sp³-hybridized carbons (Fsp3) is 0.421. The number of nitrogens with zero attached hydrogens (tertiary/aromatic N) is 7. The third-order valence-corrected chi connectivity index (χ3v) is 4.87. The molecule has 0 aliphatic carbocycles. The van der Waals surface area contributed by atoms with Crippen molar-refractivity contribution in [3.05, 3.63) is 37.1 Å². The highest BCUT2D eigenvalue weighted by molar-refractivity contribution is 5.76. The number of nitrogens with one attached hydrogen (secondary N) is 1. The predicted molar refractivity (Wildman–Crippen MR) is 105 cm³/mol. The molecule has 0 saturated carbocycles. The number of rotatable bonds is 6. The first-order valence-electron chi connectivity index (χ1n) is 9.53. The van der Waals surface area contributed by atoms with Crippen molar-refractivity contribution < 1.29 is 4.79 Å². The van der Waals surface area contributed by atoms with E-state index < -0.39 is 0 Å². The summed E-state index contributed by atoms with van der Waals surface area (Å²) in [7, 11) is 1.86. The Hall–Kier alpha value is -3.23. The normalized spacial score (nSPS) is 16.5. The topological polar surface area (TPSA) is 93.8 Å². The quantitative estimate of drug-likeness (QED) is 0.706. The van der Waals surface area contributed by atoms with Crippen molar-refractivity contribution in [1.82, 2.24) is 34.4 Å². The van der Waals surface area contributed by atoms with E-state index >= 15 is 0 Å². The van der Waals surface area contributed by atoms with Gasteiger partial charge in [-0.15, -0.1) is 0 Å². The zero-order valence-corrected chi connectivity index (χ0v) is 16.1. The highest BCUT2D eigenvalue weighted by Crippen LogP contribution is 2.25. The van der Waals surface area contributed by atoms with Gasteiger partial charge in [-0.3, -0.25) is 14.2 Å². The lowest BCUT2D eigenvalue weighted by molar-refractivity contribution is -0.130. The lowest BCUT2D eigenvalue weighted by Gasteiger charge is -2.16. The molecule has 4 heterocycles. The highest BCUT2D eigenvalue weighted by Gasteiger charge is 2.27. The summed E-state index contributed by atoms with van der Waals surface area (Å²) < 4.78 is 3.66. The Bertz CT molecular complexity index is 962. The number of aryl methyl sites for hydroxylation is 1. The molecule has 146 valence electrons. The zero-order chi connectivity index (χ0) is 19.5. The van der Waals surface area contributed by atoms with Crippen LogP contribution in [-0.4, -0.2) is 53.4 Å². The first-order chi connectivity index (χ1) is 13.6. The van der Waals surface area contributed by atoms with Gasteiger partial charge in [-0.1, -0.05) is 6.92 Å². The van der Waals surface area contributed by atoms with Gasteiger partial charge >= 0.3 is 0 Å². The van der Waals surface area contributed by atoms with Crippen LogP contribution >= 0.6 is 0 Å². The summed E-state index contributed by atoms with van der Waals surface area (Å²) in [4.78, 5) is 22.9. The molecule has 1 N–H and O–H groups in total. The van der Waals surface area contributed by atoms with Gasteiger partial charge in [-0.05, 0) is 18.9 Å². The molecule has 0 aromatic carbocycles. The first-order valence-corrected chi connectivity index (χ1v) is 9.53. The van der Waals surface area contributed by atoms with Crippen molar-refractivity contribution in [3.63, 3.8) is 0 Å². The summed E-state index contributed by atoms with van der Waals surface area (Å²) in [5.41, 5.74) is 2.55. The van der Waals surface area contributed by atoms with Gasteiger partial charge in [0.1, 0.15) is 0 Å². The van der Waals surface area contributed by atoms with Crippen LogP contribution in [0.25, 0.3) is 11.3 Å². The molecule has 28 heavy (non-hydrogen) atoms. The molecule has 0 spiro atoms. The maximum absolute atomic E-state index is 12.1. The van der Waals surface area contributed by atoms with Gasteiger partial charge in [0.2, 0.25) is 11.9 Å². The van der Waals surface area contributed by atoms with E-state index in [0.29, 0.717) is 12.4 Å². The summed E-state index contributed by atoms with van der Waals surface area (Å²) in [6, 6.07) is 2.07. The number of carbonyl (C=O) groups is 1. The maximum atomic E-state index is 12.1. The molecule has 4 rings (SSSR count). The molecular weight excluding hydrogens is 356 g/mol. The minimum Gasteiger partial charge on any atom is -0.340 e. The van der Waals surface area contributed by atoms with E-state index in [4.69, 9.17) is 0 Å². The molecule has 9 heteroatoms. The van der Waals surface area contributed by atoms with E-state index in [1.165, 1.54) is 0 Å². The van der Waals surface area contributed by atoms with Crippen LogP contribution in [0.1, 0.15) is 32.2 Å². The Morgan fingerprint density at radius 3 is 2.96 bits per heavy atom. The molecule has 1 amide bonds. The zero-order valence-electron chi connectivity index (χ0n) is 16.1. The minimum absolute atomic E-state index is 0.212. The third kappa shape index (κ3) is 3.88. The van der Waals surface area contributed by atoms with Crippen LogP contribution < -0.4 is 5.32 Å². The molecular formula is C19H24N8O.